The Hall–Kier alpha value is -0.740. The minimum absolute atomic E-state index is 0.0811. The molecule has 7 atom stereocenters. The van der Waals surface area contributed by atoms with Gasteiger partial charge < -0.3 is 10.2 Å². The van der Waals surface area contributed by atoms with Gasteiger partial charge in [-0.15, -0.1) is 0 Å². The largest absolute Gasteiger partial charge is 0.388 e. The predicted octanol–water partition coefficient (Wildman–Crippen LogP) is 2.70. The van der Waals surface area contributed by atoms with Crippen molar-refractivity contribution in [3.05, 3.63) is 6.42 Å². The number of fused-ring (bicyclic) bond motifs is 5. The lowest BCUT2D eigenvalue weighted by atomic mass is 9.44. The summed E-state index contributed by atoms with van der Waals surface area (Å²) in [5.41, 5.74) is -2.17. The van der Waals surface area contributed by atoms with Crippen LogP contribution in [0.2, 0.25) is 0 Å². The van der Waals surface area contributed by atoms with E-state index >= 15 is 0 Å². The zero-order valence-electron chi connectivity index (χ0n) is 15.5. The Bertz CT molecular complexity index is 601. The molecule has 25 heavy (non-hydrogen) atoms. The van der Waals surface area contributed by atoms with E-state index in [1.165, 1.54) is 0 Å². The Kier molecular flexibility index (Phi) is 3.98. The summed E-state index contributed by atoms with van der Waals surface area (Å²) in [7, 11) is 0. The van der Waals surface area contributed by atoms with Crippen LogP contribution < -0.4 is 0 Å². The number of Topliss-reactive ketones (excluding diaryl/α,β-unsaturated/α-hetero) is 2. The fourth-order valence-corrected chi connectivity index (χ4v) is 7.45. The van der Waals surface area contributed by atoms with Crippen LogP contribution in [0.1, 0.15) is 65.2 Å². The second-order valence-electron chi connectivity index (χ2n) is 9.63. The van der Waals surface area contributed by atoms with Crippen molar-refractivity contribution in [2.75, 3.05) is 6.61 Å². The second kappa shape index (κ2) is 5.63. The van der Waals surface area contributed by atoms with Crippen molar-refractivity contribution in [2.45, 2.75) is 70.8 Å². The molecule has 4 saturated carbocycles. The van der Waals surface area contributed by atoms with Gasteiger partial charge in [0.15, 0.2) is 5.78 Å². The number of aliphatic hydroxyl groups excluding tert-OH is 1. The number of ketones is 2. The maximum Gasteiger partial charge on any atom is 0.190 e. The Labute approximate surface area is 150 Å². The second-order valence-corrected chi connectivity index (χ2v) is 9.63. The molecular weight excluding hydrogens is 316 g/mol. The van der Waals surface area contributed by atoms with Crippen LogP contribution in [0.4, 0.5) is 0 Å². The van der Waals surface area contributed by atoms with Crippen molar-refractivity contribution < 1.29 is 19.8 Å². The average Bonchev–Trinajstić information content (AvgIpc) is 2.85. The topological polar surface area (TPSA) is 74.6 Å². The van der Waals surface area contributed by atoms with Gasteiger partial charge in [0.2, 0.25) is 0 Å². The van der Waals surface area contributed by atoms with Crippen molar-refractivity contribution in [1.82, 2.24) is 0 Å². The van der Waals surface area contributed by atoms with E-state index in [2.05, 4.69) is 13.3 Å². The molecule has 1 radical (unpaired) electrons. The lowest BCUT2D eigenvalue weighted by Gasteiger charge is -2.60. The van der Waals surface area contributed by atoms with Gasteiger partial charge >= 0.3 is 0 Å². The van der Waals surface area contributed by atoms with E-state index in [0.717, 1.165) is 38.5 Å². The molecule has 139 valence electrons. The van der Waals surface area contributed by atoms with E-state index in [-0.39, 0.29) is 35.4 Å². The van der Waals surface area contributed by atoms with Crippen LogP contribution in [-0.2, 0) is 9.59 Å². The third-order valence-electron chi connectivity index (χ3n) is 8.85. The van der Waals surface area contributed by atoms with Gasteiger partial charge in [0.1, 0.15) is 18.0 Å². The summed E-state index contributed by atoms with van der Waals surface area (Å²) in [6.45, 7) is 3.61. The van der Waals surface area contributed by atoms with Gasteiger partial charge in [0.25, 0.3) is 0 Å². The molecule has 0 spiro atoms. The quantitative estimate of drug-likeness (QED) is 0.805. The van der Waals surface area contributed by atoms with Crippen LogP contribution in [0, 0.1) is 40.9 Å². The minimum Gasteiger partial charge on any atom is -0.388 e. The zero-order valence-corrected chi connectivity index (χ0v) is 15.5. The molecule has 0 aliphatic heterocycles. The molecule has 0 aromatic heterocycles. The van der Waals surface area contributed by atoms with Gasteiger partial charge in [-0.05, 0) is 74.5 Å². The first-order chi connectivity index (χ1) is 11.8. The van der Waals surface area contributed by atoms with E-state index < -0.39 is 23.4 Å². The summed E-state index contributed by atoms with van der Waals surface area (Å²) in [6, 6.07) is 0. The van der Waals surface area contributed by atoms with E-state index in [4.69, 9.17) is 0 Å². The van der Waals surface area contributed by atoms with Crippen molar-refractivity contribution in [3.8, 4) is 0 Å². The van der Waals surface area contributed by atoms with Crippen molar-refractivity contribution >= 4 is 11.6 Å². The predicted molar refractivity (Wildman–Crippen MR) is 93.5 cm³/mol. The van der Waals surface area contributed by atoms with Gasteiger partial charge in [-0.2, -0.15) is 0 Å². The molecule has 1 unspecified atom stereocenters. The molecule has 0 saturated heterocycles. The van der Waals surface area contributed by atoms with Gasteiger partial charge in [0.05, 0.1) is 0 Å². The van der Waals surface area contributed by atoms with Gasteiger partial charge in [0, 0.05) is 17.8 Å². The van der Waals surface area contributed by atoms with Crippen LogP contribution in [-0.4, -0.2) is 34.0 Å². The highest BCUT2D eigenvalue weighted by molar-refractivity contribution is 5.92. The maximum absolute atomic E-state index is 13.3. The zero-order chi connectivity index (χ0) is 18.0. The molecule has 2 N–H and O–H groups in total. The van der Waals surface area contributed by atoms with Crippen LogP contribution >= 0.6 is 0 Å². The number of hydrogen-bond acceptors (Lipinski definition) is 4. The Morgan fingerprint density at radius 2 is 2.00 bits per heavy atom. The minimum atomic E-state index is -1.54. The monoisotopic (exact) mass is 347 g/mol. The van der Waals surface area contributed by atoms with Crippen LogP contribution in [0.3, 0.4) is 0 Å². The molecule has 4 aliphatic rings. The molecule has 4 heteroatoms. The van der Waals surface area contributed by atoms with Gasteiger partial charge in [-0.25, -0.2) is 0 Å². The normalized spacial score (nSPS) is 52.2. The van der Waals surface area contributed by atoms with Gasteiger partial charge in [-0.1, -0.05) is 13.8 Å². The smallest absolute Gasteiger partial charge is 0.190 e. The van der Waals surface area contributed by atoms with Crippen molar-refractivity contribution in [1.29, 1.82) is 0 Å². The fourth-order valence-electron chi connectivity index (χ4n) is 7.45. The first-order valence-corrected chi connectivity index (χ1v) is 9.99. The van der Waals surface area contributed by atoms with E-state index in [1.807, 2.05) is 6.92 Å². The fraction of sp³-hybridized carbons (Fsp3) is 0.857. The Balaban J connectivity index is 1.72. The molecule has 0 amide bonds. The summed E-state index contributed by atoms with van der Waals surface area (Å²) < 4.78 is 0. The van der Waals surface area contributed by atoms with Crippen molar-refractivity contribution in [2.24, 2.45) is 34.5 Å². The summed E-state index contributed by atoms with van der Waals surface area (Å²) >= 11 is 0. The highest BCUT2D eigenvalue weighted by Crippen LogP contribution is 2.67. The Morgan fingerprint density at radius 3 is 2.72 bits per heavy atom. The van der Waals surface area contributed by atoms with Gasteiger partial charge in [-0.3, -0.25) is 9.59 Å². The third kappa shape index (κ3) is 2.13. The molecule has 4 nitrogen and oxygen atoms in total. The SMILES string of the molecule is C[C@]12CC[CH]CC1CC[C@@H]1[C@@H]2C(=O)C[C@@]2(C)[C@H]1CC[C@]2(O)C(=O)CO. The van der Waals surface area contributed by atoms with E-state index in [0.29, 0.717) is 12.3 Å². The molecule has 4 fully saturated rings. The standard InChI is InChI=1S/C21H31O4/c1-19-9-4-3-5-13(19)6-7-14-15-8-10-21(25,17(24)12-22)20(15,2)11-16(23)18(14)19/h3,13-15,18,22,25H,4-12H2,1-2H3/t13?,14-,15-,18+,19-,20-,21-/m0/s1. The lowest BCUT2D eigenvalue weighted by molar-refractivity contribution is -0.176. The number of aliphatic hydroxyl groups is 2. The molecule has 0 aromatic rings. The molecular formula is C21H31O4. The number of carbonyl (C=O) groups excluding carboxylic acids is 2. The number of rotatable bonds is 2. The first-order valence-electron chi connectivity index (χ1n) is 9.99. The average molecular weight is 347 g/mol. The molecule has 0 bridgehead atoms. The Morgan fingerprint density at radius 1 is 1.24 bits per heavy atom. The van der Waals surface area contributed by atoms with Crippen LogP contribution in [0.25, 0.3) is 0 Å². The number of hydrogen-bond donors (Lipinski definition) is 2. The van der Waals surface area contributed by atoms with Crippen LogP contribution in [0.5, 0.6) is 0 Å². The van der Waals surface area contributed by atoms with Crippen molar-refractivity contribution in [3.63, 3.8) is 0 Å². The maximum atomic E-state index is 13.3. The summed E-state index contributed by atoms with van der Waals surface area (Å²) in [5, 5.41) is 20.5. The summed E-state index contributed by atoms with van der Waals surface area (Å²) in [6.07, 6.45) is 9.35. The lowest BCUT2D eigenvalue weighted by Crippen LogP contribution is -2.61. The van der Waals surface area contributed by atoms with Crippen LogP contribution in [0.15, 0.2) is 0 Å². The number of carbonyl (C=O) groups is 2. The molecule has 4 aliphatic carbocycles. The molecule has 0 aromatic carbocycles. The summed E-state index contributed by atoms with van der Waals surface area (Å²) in [5.74, 6) is 0.935. The van der Waals surface area contributed by atoms with E-state index in [9.17, 15) is 19.8 Å². The highest BCUT2D eigenvalue weighted by atomic mass is 16.3. The highest BCUT2D eigenvalue weighted by Gasteiger charge is 2.68. The van der Waals surface area contributed by atoms with E-state index in [1.54, 1.807) is 0 Å². The third-order valence-corrected chi connectivity index (χ3v) is 8.85. The summed E-state index contributed by atoms with van der Waals surface area (Å²) in [4.78, 5) is 25.7. The molecule has 4 rings (SSSR count). The molecule has 0 heterocycles. The first kappa shape index (κ1) is 17.7.